The smallest absolute Gasteiger partial charge is 0.226 e. The molecule has 0 unspecified atom stereocenters. The molecule has 0 spiro atoms. The number of carbonyl (C=O) groups is 1. The van der Waals surface area contributed by atoms with Crippen LogP contribution in [0.25, 0.3) is 21.8 Å². The molecule has 0 saturated carbocycles. The number of aromatic nitrogens is 3. The van der Waals surface area contributed by atoms with Crippen LogP contribution >= 0.6 is 11.3 Å². The molecule has 0 aliphatic carbocycles. The van der Waals surface area contributed by atoms with Gasteiger partial charge in [0, 0.05) is 17.5 Å². The van der Waals surface area contributed by atoms with Crippen molar-refractivity contribution in [3.05, 3.63) is 76.9 Å². The number of hydrogen-bond donors (Lipinski definition) is 1. The zero-order valence-electron chi connectivity index (χ0n) is 26.3. The zero-order valence-corrected chi connectivity index (χ0v) is 27.1. The van der Waals surface area contributed by atoms with E-state index in [0.717, 1.165) is 38.8 Å². The van der Waals surface area contributed by atoms with E-state index in [9.17, 15) is 4.79 Å². The first-order chi connectivity index (χ1) is 19.2. The van der Waals surface area contributed by atoms with E-state index in [4.69, 9.17) is 14.8 Å². The van der Waals surface area contributed by atoms with E-state index >= 15 is 0 Å². The number of nitrogens with zero attached hydrogens (tertiary/aromatic N) is 3. The Morgan fingerprint density at radius 3 is 2.10 bits per heavy atom. The summed E-state index contributed by atoms with van der Waals surface area (Å²) in [5.74, 6) is 0.738. The minimum absolute atomic E-state index is 0.0585. The first-order valence-electron chi connectivity index (χ1n) is 14.2. The highest BCUT2D eigenvalue weighted by molar-refractivity contribution is 7.13. The van der Waals surface area contributed by atoms with Crippen LogP contribution in [0, 0.1) is 6.92 Å². The van der Waals surface area contributed by atoms with Crippen LogP contribution in [0.15, 0.2) is 60.1 Å². The summed E-state index contributed by atoms with van der Waals surface area (Å²) in [6, 6.07) is 16.1. The summed E-state index contributed by atoms with van der Waals surface area (Å²) in [7, 11) is 1.64. The number of hydrogen-bond acceptors (Lipinski definition) is 5. The Labute approximate surface area is 245 Å². The summed E-state index contributed by atoms with van der Waals surface area (Å²) < 4.78 is 7.23. The molecule has 6 nitrogen and oxygen atoms in total. The van der Waals surface area contributed by atoms with Gasteiger partial charge in [-0.2, -0.15) is 5.10 Å². The average Bonchev–Trinajstić information content (AvgIpc) is 3.63. The molecule has 0 saturated heterocycles. The molecule has 0 fully saturated rings. The van der Waals surface area contributed by atoms with Gasteiger partial charge in [0.05, 0.1) is 42.2 Å². The third kappa shape index (κ3) is 9.63. The maximum absolute atomic E-state index is 12.5. The van der Waals surface area contributed by atoms with Crippen molar-refractivity contribution in [2.45, 2.75) is 87.7 Å². The van der Waals surface area contributed by atoms with Gasteiger partial charge in [-0.25, -0.2) is 4.98 Å². The average molecular weight is 565 g/mol. The van der Waals surface area contributed by atoms with Crippen LogP contribution < -0.4 is 10.1 Å². The van der Waals surface area contributed by atoms with Crippen LogP contribution in [-0.4, -0.2) is 27.8 Å². The fourth-order valence-electron chi connectivity index (χ4n) is 3.69. The first-order valence-corrected chi connectivity index (χ1v) is 15.1. The van der Waals surface area contributed by atoms with Crippen molar-refractivity contribution in [1.29, 1.82) is 0 Å². The van der Waals surface area contributed by atoms with Crippen LogP contribution in [0.4, 0.5) is 0 Å². The maximum Gasteiger partial charge on any atom is 0.226 e. The van der Waals surface area contributed by atoms with Gasteiger partial charge in [-0.15, -0.1) is 11.3 Å². The van der Waals surface area contributed by atoms with Gasteiger partial charge in [0.1, 0.15) is 10.8 Å². The molecule has 0 radical (unpaired) electrons. The molecule has 2 heterocycles. The van der Waals surface area contributed by atoms with Crippen LogP contribution in [0.1, 0.15) is 79.1 Å². The van der Waals surface area contributed by atoms with Gasteiger partial charge >= 0.3 is 0 Å². The second kappa shape index (κ2) is 17.3. The SMILES string of the molecule is CC.CC.CC.COc1ccc(CNC(=O)Cc2csc(-c3cnn(C(C)(C)C)c3-c3ccc(C)cc3)n2)cc1. The highest BCUT2D eigenvalue weighted by Gasteiger charge is 2.24. The molecule has 0 aliphatic heterocycles. The largest absolute Gasteiger partial charge is 0.497 e. The molecule has 218 valence electrons. The van der Waals surface area contributed by atoms with Gasteiger partial charge in [-0.05, 0) is 45.4 Å². The number of ether oxygens (including phenoxy) is 1. The molecule has 40 heavy (non-hydrogen) atoms. The second-order valence-electron chi connectivity index (χ2n) is 9.30. The Hall–Kier alpha value is -3.45. The quantitative estimate of drug-likeness (QED) is 0.244. The number of carbonyl (C=O) groups excluding carboxylic acids is 1. The molecule has 7 heteroatoms. The highest BCUT2D eigenvalue weighted by atomic mass is 32.1. The van der Waals surface area contributed by atoms with E-state index in [1.807, 2.05) is 77.4 Å². The van der Waals surface area contributed by atoms with Crippen LogP contribution in [0.3, 0.4) is 0 Å². The van der Waals surface area contributed by atoms with Gasteiger partial charge < -0.3 is 10.1 Å². The highest BCUT2D eigenvalue weighted by Crippen LogP contribution is 2.36. The lowest BCUT2D eigenvalue weighted by molar-refractivity contribution is -0.120. The summed E-state index contributed by atoms with van der Waals surface area (Å²) in [6.07, 6.45) is 2.12. The molecule has 1 amide bonds. The Balaban J connectivity index is 0.00000125. The van der Waals surface area contributed by atoms with E-state index < -0.39 is 0 Å². The summed E-state index contributed by atoms with van der Waals surface area (Å²) in [6.45, 7) is 21.0. The van der Waals surface area contributed by atoms with Crippen molar-refractivity contribution < 1.29 is 9.53 Å². The standard InChI is InChI=1S/C27H30N4O2S.3C2H6/c1-18-6-10-20(11-7-18)25-23(16-29-31(25)27(2,3)4)26-30-21(17-34-26)14-24(32)28-15-19-8-12-22(33-5)13-9-19;3*1-2/h6-13,16-17H,14-15H2,1-5H3,(H,28,32);3*1-2H3. The minimum Gasteiger partial charge on any atom is -0.497 e. The van der Waals surface area contributed by atoms with Crippen molar-refractivity contribution in [1.82, 2.24) is 20.1 Å². The number of methoxy groups -OCH3 is 1. The molecule has 0 aliphatic rings. The second-order valence-corrected chi connectivity index (χ2v) is 10.2. The number of aryl methyl sites for hydroxylation is 1. The molecular formula is C33H48N4O2S. The Bertz CT molecular complexity index is 1270. The molecule has 0 bridgehead atoms. The predicted octanol–water partition coefficient (Wildman–Crippen LogP) is 8.68. The third-order valence-corrected chi connectivity index (χ3v) is 6.43. The normalized spacial score (nSPS) is 10.2. The first kappa shape index (κ1) is 34.6. The lowest BCUT2D eigenvalue weighted by atomic mass is 10.0. The van der Waals surface area contributed by atoms with E-state index in [-0.39, 0.29) is 17.9 Å². The Morgan fingerprint density at radius 2 is 1.55 bits per heavy atom. The summed E-state index contributed by atoms with van der Waals surface area (Å²) in [5, 5.41) is 10.5. The number of benzene rings is 2. The maximum atomic E-state index is 12.5. The molecule has 4 rings (SSSR count). The lowest BCUT2D eigenvalue weighted by Crippen LogP contribution is -2.24. The molecule has 4 aromatic rings. The Kier molecular flexibility index (Phi) is 14.9. The number of thiazole rings is 1. The van der Waals surface area contributed by atoms with Crippen molar-refractivity contribution in [3.8, 4) is 27.6 Å². The predicted molar refractivity (Wildman–Crippen MR) is 171 cm³/mol. The molecule has 2 aromatic heterocycles. The minimum atomic E-state index is -0.181. The molecular weight excluding hydrogens is 516 g/mol. The summed E-state index contributed by atoms with van der Waals surface area (Å²) in [5.41, 5.74) is 5.92. The van der Waals surface area contributed by atoms with Gasteiger partial charge in [0.15, 0.2) is 0 Å². The number of nitrogens with one attached hydrogen (secondary N) is 1. The van der Waals surface area contributed by atoms with Crippen molar-refractivity contribution in [2.24, 2.45) is 0 Å². The van der Waals surface area contributed by atoms with Crippen LogP contribution in [0.2, 0.25) is 0 Å². The van der Waals surface area contributed by atoms with Gasteiger partial charge in [0.2, 0.25) is 5.91 Å². The topological polar surface area (TPSA) is 69.0 Å². The van der Waals surface area contributed by atoms with E-state index in [1.165, 1.54) is 5.56 Å². The van der Waals surface area contributed by atoms with Gasteiger partial charge in [-0.3, -0.25) is 9.48 Å². The molecule has 2 aromatic carbocycles. The summed E-state index contributed by atoms with van der Waals surface area (Å²) in [4.78, 5) is 17.3. The fourth-order valence-corrected chi connectivity index (χ4v) is 4.52. The lowest BCUT2D eigenvalue weighted by Gasteiger charge is -2.23. The fraction of sp³-hybridized carbons (Fsp3) is 0.424. The van der Waals surface area contributed by atoms with Gasteiger partial charge in [-0.1, -0.05) is 83.5 Å². The van der Waals surface area contributed by atoms with Crippen molar-refractivity contribution in [3.63, 3.8) is 0 Å². The van der Waals surface area contributed by atoms with Crippen molar-refractivity contribution >= 4 is 17.2 Å². The van der Waals surface area contributed by atoms with Crippen LogP contribution in [0.5, 0.6) is 5.75 Å². The van der Waals surface area contributed by atoms with E-state index in [1.54, 1.807) is 18.4 Å². The number of amides is 1. The van der Waals surface area contributed by atoms with E-state index in [0.29, 0.717) is 6.54 Å². The molecule has 1 N–H and O–H groups in total. The number of rotatable bonds is 7. The van der Waals surface area contributed by atoms with Crippen LogP contribution in [-0.2, 0) is 23.3 Å². The van der Waals surface area contributed by atoms with Crippen molar-refractivity contribution in [2.75, 3.05) is 7.11 Å². The summed E-state index contributed by atoms with van der Waals surface area (Å²) >= 11 is 1.54. The molecule has 0 atom stereocenters. The van der Waals surface area contributed by atoms with Gasteiger partial charge in [0.25, 0.3) is 0 Å². The monoisotopic (exact) mass is 564 g/mol. The zero-order chi connectivity index (χ0) is 30.3. The Morgan fingerprint density at radius 1 is 0.950 bits per heavy atom. The third-order valence-electron chi connectivity index (χ3n) is 5.50. The van der Waals surface area contributed by atoms with E-state index in [2.05, 4.69) is 62.0 Å².